The van der Waals surface area contributed by atoms with Gasteiger partial charge in [0.2, 0.25) is 0 Å². The van der Waals surface area contributed by atoms with E-state index in [0.717, 1.165) is 17.7 Å². The fourth-order valence-electron chi connectivity index (χ4n) is 2.50. The predicted octanol–water partition coefficient (Wildman–Crippen LogP) is 2.49. The Morgan fingerprint density at radius 2 is 1.68 bits per heavy atom. The van der Waals surface area contributed by atoms with Gasteiger partial charge in [-0.1, -0.05) is 23.8 Å². The lowest BCUT2D eigenvalue weighted by atomic mass is 10.2. The van der Waals surface area contributed by atoms with Crippen LogP contribution in [0.25, 0.3) is 0 Å². The number of carbonyl (C=O) groups excluding carboxylic acids is 2. The van der Waals surface area contributed by atoms with Gasteiger partial charge in [-0.25, -0.2) is 0 Å². The van der Waals surface area contributed by atoms with Crippen molar-refractivity contribution in [3.8, 4) is 0 Å². The van der Waals surface area contributed by atoms with E-state index in [2.05, 4.69) is 10.6 Å². The normalized spacial score (nSPS) is 13.5. The predicted molar refractivity (Wildman–Crippen MR) is 101 cm³/mol. The van der Waals surface area contributed by atoms with Gasteiger partial charge in [0.25, 0.3) is 11.8 Å². The quantitative estimate of drug-likeness (QED) is 0.705. The van der Waals surface area contributed by atoms with Crippen molar-refractivity contribution in [2.75, 3.05) is 24.2 Å². The molecule has 0 aliphatic rings. The van der Waals surface area contributed by atoms with Crippen molar-refractivity contribution in [3.05, 3.63) is 59.7 Å². The number of anilines is 2. The van der Waals surface area contributed by atoms with Gasteiger partial charge in [-0.05, 0) is 44.2 Å². The molecule has 1 unspecified atom stereocenters. The van der Waals surface area contributed by atoms with Crippen molar-refractivity contribution in [2.45, 2.75) is 26.1 Å². The minimum atomic E-state index is -4.48. The summed E-state index contributed by atoms with van der Waals surface area (Å²) >= 11 is 0. The standard InChI is InChI=1S/C20H22F3N3O2/c1-13-7-9-16(10-8-13)24-18(27)12-26(3)14(2)19(28)25-17-6-4-5-15(11-17)20(21,22)23/h4-11,14H,12H2,1-3H3,(H,24,27)(H,25,28)/p+1/t14-/m0/s1. The molecule has 0 heterocycles. The smallest absolute Gasteiger partial charge is 0.321 e. The number of carbonyl (C=O) groups is 2. The third kappa shape index (κ3) is 6.09. The van der Waals surface area contributed by atoms with Crippen LogP contribution in [0, 0.1) is 6.92 Å². The molecule has 0 aromatic heterocycles. The van der Waals surface area contributed by atoms with Crippen LogP contribution in [-0.4, -0.2) is 31.4 Å². The number of likely N-dealkylation sites (N-methyl/N-ethyl adjacent to an activating group) is 1. The van der Waals surface area contributed by atoms with E-state index in [9.17, 15) is 22.8 Å². The largest absolute Gasteiger partial charge is 0.416 e. The Morgan fingerprint density at radius 1 is 1.04 bits per heavy atom. The average molecular weight is 394 g/mol. The van der Waals surface area contributed by atoms with Crippen LogP contribution in [0.5, 0.6) is 0 Å². The van der Waals surface area contributed by atoms with Crippen LogP contribution in [0.2, 0.25) is 0 Å². The van der Waals surface area contributed by atoms with Gasteiger partial charge < -0.3 is 15.5 Å². The second kappa shape index (κ2) is 8.88. The molecule has 0 spiro atoms. The van der Waals surface area contributed by atoms with Gasteiger partial charge in [-0.15, -0.1) is 0 Å². The van der Waals surface area contributed by atoms with Crippen molar-refractivity contribution in [3.63, 3.8) is 0 Å². The maximum Gasteiger partial charge on any atom is 0.416 e. The molecular weight excluding hydrogens is 371 g/mol. The van der Waals surface area contributed by atoms with Crippen molar-refractivity contribution in [2.24, 2.45) is 0 Å². The summed E-state index contributed by atoms with van der Waals surface area (Å²) in [6, 6.07) is 11.1. The fraction of sp³-hybridized carbons (Fsp3) is 0.300. The Bertz CT molecular complexity index is 835. The number of alkyl halides is 3. The van der Waals surface area contributed by atoms with Crippen LogP contribution in [0.1, 0.15) is 18.1 Å². The zero-order valence-electron chi connectivity index (χ0n) is 15.9. The number of amides is 2. The zero-order valence-corrected chi connectivity index (χ0v) is 15.9. The fourth-order valence-corrected chi connectivity index (χ4v) is 2.50. The van der Waals surface area contributed by atoms with Crippen LogP contribution in [-0.2, 0) is 15.8 Å². The first kappa shape index (κ1) is 21.4. The Morgan fingerprint density at radius 3 is 2.29 bits per heavy atom. The van der Waals surface area contributed by atoms with Gasteiger partial charge >= 0.3 is 6.18 Å². The average Bonchev–Trinajstić information content (AvgIpc) is 2.62. The number of nitrogens with one attached hydrogen (secondary N) is 3. The Kier molecular flexibility index (Phi) is 6.80. The van der Waals surface area contributed by atoms with Crippen LogP contribution in [0.3, 0.4) is 0 Å². The maximum atomic E-state index is 12.8. The molecule has 8 heteroatoms. The summed E-state index contributed by atoms with van der Waals surface area (Å²) in [6.07, 6.45) is -4.48. The highest BCUT2D eigenvalue weighted by Gasteiger charge is 2.31. The lowest BCUT2D eigenvalue weighted by Gasteiger charge is -2.21. The van der Waals surface area contributed by atoms with Gasteiger partial charge in [0.05, 0.1) is 12.6 Å². The SMILES string of the molecule is Cc1ccc(NC(=O)C[NH+](C)[C@@H](C)C(=O)Nc2cccc(C(F)(F)F)c2)cc1. The third-order valence-electron chi connectivity index (χ3n) is 4.36. The van der Waals surface area contributed by atoms with E-state index in [4.69, 9.17) is 0 Å². The monoisotopic (exact) mass is 394 g/mol. The highest BCUT2D eigenvalue weighted by Crippen LogP contribution is 2.30. The molecule has 5 nitrogen and oxygen atoms in total. The summed E-state index contributed by atoms with van der Waals surface area (Å²) in [5.41, 5.74) is 0.949. The summed E-state index contributed by atoms with van der Waals surface area (Å²) < 4.78 is 38.3. The van der Waals surface area contributed by atoms with Crippen LogP contribution >= 0.6 is 0 Å². The van der Waals surface area contributed by atoms with Crippen molar-refractivity contribution in [1.82, 2.24) is 0 Å². The van der Waals surface area contributed by atoms with Crippen LogP contribution in [0.15, 0.2) is 48.5 Å². The van der Waals surface area contributed by atoms with E-state index in [1.54, 1.807) is 26.1 Å². The Hall–Kier alpha value is -2.87. The molecular formula is C20H23F3N3O2+. The molecule has 2 rings (SSSR count). The highest BCUT2D eigenvalue weighted by molar-refractivity contribution is 5.94. The molecule has 2 aromatic rings. The molecule has 0 saturated carbocycles. The van der Waals surface area contributed by atoms with Gasteiger partial charge in [-0.3, -0.25) is 9.59 Å². The molecule has 150 valence electrons. The maximum absolute atomic E-state index is 12.8. The first-order valence-corrected chi connectivity index (χ1v) is 8.73. The molecule has 2 atom stereocenters. The van der Waals surface area contributed by atoms with Gasteiger partial charge in [-0.2, -0.15) is 13.2 Å². The summed E-state index contributed by atoms with van der Waals surface area (Å²) in [4.78, 5) is 25.1. The van der Waals surface area contributed by atoms with Crippen LogP contribution < -0.4 is 15.5 Å². The topological polar surface area (TPSA) is 62.6 Å². The van der Waals surface area contributed by atoms with Gasteiger partial charge in [0.15, 0.2) is 12.6 Å². The number of hydrogen-bond acceptors (Lipinski definition) is 2. The Labute approximate surface area is 161 Å². The second-order valence-electron chi connectivity index (χ2n) is 6.73. The van der Waals surface area contributed by atoms with E-state index >= 15 is 0 Å². The van der Waals surface area contributed by atoms with Gasteiger partial charge in [0, 0.05) is 11.4 Å². The van der Waals surface area contributed by atoms with Crippen molar-refractivity contribution < 1.29 is 27.7 Å². The molecule has 0 aliphatic heterocycles. The van der Waals surface area contributed by atoms with E-state index < -0.39 is 23.7 Å². The summed E-state index contributed by atoms with van der Waals surface area (Å²) in [5.74, 6) is -0.736. The first-order valence-electron chi connectivity index (χ1n) is 8.73. The molecule has 0 saturated heterocycles. The number of benzene rings is 2. The number of hydrogen-bond donors (Lipinski definition) is 3. The van der Waals surface area contributed by atoms with E-state index in [1.165, 1.54) is 12.1 Å². The molecule has 0 bridgehead atoms. The third-order valence-corrected chi connectivity index (χ3v) is 4.36. The summed E-state index contributed by atoms with van der Waals surface area (Å²) in [6.45, 7) is 3.58. The second-order valence-corrected chi connectivity index (χ2v) is 6.73. The van der Waals surface area contributed by atoms with E-state index in [0.29, 0.717) is 10.6 Å². The van der Waals surface area contributed by atoms with E-state index in [1.807, 2.05) is 19.1 Å². The van der Waals surface area contributed by atoms with Crippen molar-refractivity contribution in [1.29, 1.82) is 0 Å². The Balaban J connectivity index is 1.93. The van der Waals surface area contributed by atoms with E-state index in [-0.39, 0.29) is 18.1 Å². The molecule has 2 amide bonds. The van der Waals surface area contributed by atoms with Crippen LogP contribution in [0.4, 0.5) is 24.5 Å². The minimum absolute atomic E-state index is 0.0328. The number of aryl methyl sites for hydroxylation is 1. The van der Waals surface area contributed by atoms with Gasteiger partial charge in [0.1, 0.15) is 0 Å². The van der Waals surface area contributed by atoms with Crippen molar-refractivity contribution >= 4 is 23.2 Å². The number of halogens is 3. The first-order chi connectivity index (χ1) is 13.1. The molecule has 0 fully saturated rings. The molecule has 28 heavy (non-hydrogen) atoms. The molecule has 3 N–H and O–H groups in total. The number of rotatable bonds is 6. The highest BCUT2D eigenvalue weighted by atomic mass is 19.4. The minimum Gasteiger partial charge on any atom is -0.321 e. The molecule has 2 aromatic carbocycles. The lowest BCUT2D eigenvalue weighted by Crippen LogP contribution is -3.14. The summed E-state index contributed by atoms with van der Waals surface area (Å²) in [7, 11) is 1.67. The summed E-state index contributed by atoms with van der Waals surface area (Å²) in [5, 5.41) is 5.22. The zero-order chi connectivity index (χ0) is 20.9. The molecule has 0 aliphatic carbocycles. The lowest BCUT2D eigenvalue weighted by molar-refractivity contribution is -0.885. The molecule has 0 radical (unpaired) electrons. The number of quaternary nitrogens is 1.